The largest absolute Gasteiger partial charge is 0.478 e. The van der Waals surface area contributed by atoms with Crippen LogP contribution in [0.25, 0.3) is 0 Å². The van der Waals surface area contributed by atoms with Gasteiger partial charge in [-0.25, -0.2) is 4.79 Å². The molecule has 1 heterocycles. The van der Waals surface area contributed by atoms with Crippen molar-refractivity contribution in [2.75, 3.05) is 5.32 Å². The summed E-state index contributed by atoms with van der Waals surface area (Å²) in [7, 11) is 0. The van der Waals surface area contributed by atoms with Gasteiger partial charge in [0.1, 0.15) is 5.69 Å². The van der Waals surface area contributed by atoms with Gasteiger partial charge in [0, 0.05) is 11.9 Å². The van der Waals surface area contributed by atoms with E-state index < -0.39 is 5.97 Å². The van der Waals surface area contributed by atoms with Crippen molar-refractivity contribution >= 4 is 29.2 Å². The minimum atomic E-state index is -1.00. The van der Waals surface area contributed by atoms with E-state index in [0.29, 0.717) is 22.0 Å². The first kappa shape index (κ1) is 13.2. The third-order valence-corrected chi connectivity index (χ3v) is 2.83. The first-order valence-corrected chi connectivity index (χ1v) is 5.84. The molecule has 0 atom stereocenters. The van der Waals surface area contributed by atoms with Crippen LogP contribution in [0.1, 0.15) is 26.4 Å². The molecule has 0 bridgehead atoms. The number of aromatic nitrogens is 1. The molecule has 1 aromatic carbocycles. The van der Waals surface area contributed by atoms with Crippen LogP contribution >= 0.6 is 11.6 Å². The Bertz CT molecular complexity index is 649. The number of aromatic amines is 1. The minimum Gasteiger partial charge on any atom is -0.478 e. The number of carbonyl (C=O) groups is 2. The molecule has 0 aliphatic heterocycles. The number of amides is 1. The summed E-state index contributed by atoms with van der Waals surface area (Å²) in [6.45, 7) is 1.73. The maximum atomic E-state index is 11.9. The number of carboxylic acid groups (broad SMARTS) is 1. The van der Waals surface area contributed by atoms with Gasteiger partial charge in [-0.2, -0.15) is 0 Å². The van der Waals surface area contributed by atoms with E-state index >= 15 is 0 Å². The number of aryl methyl sites for hydroxylation is 1. The van der Waals surface area contributed by atoms with Gasteiger partial charge in [-0.05, 0) is 36.8 Å². The van der Waals surface area contributed by atoms with Gasteiger partial charge in [-0.15, -0.1) is 0 Å². The highest BCUT2D eigenvalue weighted by molar-refractivity contribution is 6.31. The van der Waals surface area contributed by atoms with Gasteiger partial charge >= 0.3 is 5.97 Å². The van der Waals surface area contributed by atoms with Gasteiger partial charge in [0.25, 0.3) is 5.91 Å². The molecule has 5 nitrogen and oxygen atoms in total. The number of rotatable bonds is 3. The maximum Gasteiger partial charge on any atom is 0.335 e. The molecule has 0 aliphatic carbocycles. The molecule has 3 N–H and O–H groups in total. The van der Waals surface area contributed by atoms with Crippen LogP contribution < -0.4 is 5.32 Å². The zero-order valence-corrected chi connectivity index (χ0v) is 10.8. The summed E-state index contributed by atoms with van der Waals surface area (Å²) >= 11 is 5.72. The summed E-state index contributed by atoms with van der Waals surface area (Å²) in [5.41, 5.74) is 1.75. The number of H-pyrrole nitrogens is 1. The van der Waals surface area contributed by atoms with E-state index in [1.807, 2.05) is 0 Å². The fourth-order valence-corrected chi connectivity index (χ4v) is 1.79. The van der Waals surface area contributed by atoms with Crippen molar-refractivity contribution in [2.24, 2.45) is 0 Å². The Labute approximate surface area is 114 Å². The molecule has 2 rings (SSSR count). The van der Waals surface area contributed by atoms with Crippen molar-refractivity contribution in [3.05, 3.63) is 52.3 Å². The Morgan fingerprint density at radius 3 is 2.58 bits per heavy atom. The molecule has 0 fully saturated rings. The number of nitrogens with one attached hydrogen (secondary N) is 2. The second-order valence-corrected chi connectivity index (χ2v) is 4.46. The Balaban J connectivity index is 2.20. The quantitative estimate of drug-likeness (QED) is 0.807. The number of anilines is 1. The van der Waals surface area contributed by atoms with Crippen LogP contribution in [-0.4, -0.2) is 22.0 Å². The van der Waals surface area contributed by atoms with Crippen molar-refractivity contribution in [2.45, 2.75) is 6.92 Å². The highest BCUT2D eigenvalue weighted by atomic mass is 35.5. The molecule has 2 aromatic rings. The fraction of sp³-hybridized carbons (Fsp3) is 0.0769. The van der Waals surface area contributed by atoms with Crippen LogP contribution in [0.2, 0.25) is 5.02 Å². The van der Waals surface area contributed by atoms with E-state index in [4.69, 9.17) is 16.7 Å². The highest BCUT2D eigenvalue weighted by Crippen LogP contribution is 2.18. The van der Waals surface area contributed by atoms with Gasteiger partial charge in [0.2, 0.25) is 0 Å². The molecule has 19 heavy (non-hydrogen) atoms. The van der Waals surface area contributed by atoms with Gasteiger partial charge in [0.15, 0.2) is 0 Å². The van der Waals surface area contributed by atoms with Gasteiger partial charge in [-0.1, -0.05) is 11.6 Å². The zero-order valence-electron chi connectivity index (χ0n) is 10.0. The highest BCUT2D eigenvalue weighted by Gasteiger charge is 2.11. The normalized spacial score (nSPS) is 10.2. The lowest BCUT2D eigenvalue weighted by atomic mass is 10.1. The third-order valence-electron chi connectivity index (χ3n) is 2.61. The Hall–Kier alpha value is -2.27. The monoisotopic (exact) mass is 278 g/mol. The number of halogens is 1. The van der Waals surface area contributed by atoms with E-state index in [-0.39, 0.29) is 11.5 Å². The summed E-state index contributed by atoms with van der Waals surface area (Å²) in [6.07, 6.45) is 1.51. The zero-order chi connectivity index (χ0) is 14.0. The van der Waals surface area contributed by atoms with Crippen molar-refractivity contribution in [1.29, 1.82) is 0 Å². The summed E-state index contributed by atoms with van der Waals surface area (Å²) in [5, 5.41) is 12.0. The number of aromatic carboxylic acids is 1. The number of benzene rings is 1. The SMILES string of the molecule is Cc1cc(C(=O)O)ccc1NC(=O)c1cc(Cl)c[nH]1. The third kappa shape index (κ3) is 2.95. The smallest absolute Gasteiger partial charge is 0.335 e. The van der Waals surface area contributed by atoms with Crippen molar-refractivity contribution in [3.63, 3.8) is 0 Å². The number of carboxylic acids is 1. The average Bonchev–Trinajstić information content (AvgIpc) is 2.78. The van der Waals surface area contributed by atoms with Crippen LogP contribution in [-0.2, 0) is 0 Å². The van der Waals surface area contributed by atoms with Gasteiger partial charge in [0.05, 0.1) is 10.6 Å². The fourth-order valence-electron chi connectivity index (χ4n) is 1.63. The van der Waals surface area contributed by atoms with Crippen molar-refractivity contribution in [1.82, 2.24) is 4.98 Å². The standard InChI is InChI=1S/C13H11ClN2O3/c1-7-4-8(13(18)19)2-3-10(7)16-12(17)11-5-9(14)6-15-11/h2-6,15H,1H3,(H,16,17)(H,18,19). The topological polar surface area (TPSA) is 82.2 Å². The molecular weight excluding hydrogens is 268 g/mol. The molecule has 0 saturated carbocycles. The number of hydrogen-bond acceptors (Lipinski definition) is 2. The molecule has 1 aromatic heterocycles. The first-order chi connectivity index (χ1) is 8.97. The predicted octanol–water partition coefficient (Wildman–Crippen LogP) is 2.93. The summed E-state index contributed by atoms with van der Waals surface area (Å²) in [5.74, 6) is -1.34. The lowest BCUT2D eigenvalue weighted by molar-refractivity contribution is 0.0696. The van der Waals surface area contributed by atoms with E-state index in [1.165, 1.54) is 24.4 Å². The van der Waals surface area contributed by atoms with Crippen LogP contribution in [0.3, 0.4) is 0 Å². The molecule has 1 amide bonds. The maximum absolute atomic E-state index is 11.9. The summed E-state index contributed by atoms with van der Waals surface area (Å²) in [4.78, 5) is 25.4. The van der Waals surface area contributed by atoms with Gasteiger partial charge < -0.3 is 15.4 Å². The van der Waals surface area contributed by atoms with Gasteiger partial charge in [-0.3, -0.25) is 4.79 Å². The van der Waals surface area contributed by atoms with Crippen LogP contribution in [0.15, 0.2) is 30.5 Å². The molecule has 0 saturated heterocycles. The molecule has 0 radical (unpaired) electrons. The van der Waals surface area contributed by atoms with Crippen molar-refractivity contribution in [3.8, 4) is 0 Å². The van der Waals surface area contributed by atoms with E-state index in [9.17, 15) is 9.59 Å². The van der Waals surface area contributed by atoms with E-state index in [1.54, 1.807) is 13.0 Å². The Kier molecular flexibility index (Phi) is 3.57. The lowest BCUT2D eigenvalue weighted by Gasteiger charge is -2.08. The lowest BCUT2D eigenvalue weighted by Crippen LogP contribution is -2.13. The molecule has 98 valence electrons. The second-order valence-electron chi connectivity index (χ2n) is 4.02. The first-order valence-electron chi connectivity index (χ1n) is 5.46. The minimum absolute atomic E-state index is 0.179. The molecule has 0 aliphatic rings. The molecule has 0 unspecified atom stereocenters. The average molecular weight is 279 g/mol. The number of hydrogen-bond donors (Lipinski definition) is 3. The number of carbonyl (C=O) groups excluding carboxylic acids is 1. The van der Waals surface area contributed by atoms with E-state index in [2.05, 4.69) is 10.3 Å². The molecule has 0 spiro atoms. The van der Waals surface area contributed by atoms with Crippen LogP contribution in [0.5, 0.6) is 0 Å². The molecular formula is C13H11ClN2O3. The van der Waals surface area contributed by atoms with Crippen molar-refractivity contribution < 1.29 is 14.7 Å². The Morgan fingerprint density at radius 1 is 1.32 bits per heavy atom. The summed E-state index contributed by atoms with van der Waals surface area (Å²) in [6, 6.07) is 6.01. The van der Waals surface area contributed by atoms with Crippen LogP contribution in [0.4, 0.5) is 5.69 Å². The predicted molar refractivity (Wildman–Crippen MR) is 71.9 cm³/mol. The molecule has 6 heteroatoms. The summed E-state index contributed by atoms with van der Waals surface area (Å²) < 4.78 is 0. The van der Waals surface area contributed by atoms with Crippen LogP contribution in [0, 0.1) is 6.92 Å². The Morgan fingerprint density at radius 2 is 2.05 bits per heavy atom. The second kappa shape index (κ2) is 5.16. The van der Waals surface area contributed by atoms with E-state index in [0.717, 1.165) is 0 Å².